The minimum atomic E-state index is -0.565. The minimum absolute atomic E-state index is 0.00221. The third-order valence-electron chi connectivity index (χ3n) is 7.23. The number of Topliss-reactive ketones (excluding diaryl/α,β-unsaturated/α-hetero) is 1. The first-order valence-electron chi connectivity index (χ1n) is 13.3. The highest BCUT2D eigenvalue weighted by atomic mass is 32.2. The summed E-state index contributed by atoms with van der Waals surface area (Å²) < 4.78 is 6.16. The van der Waals surface area contributed by atoms with Crippen molar-refractivity contribution >= 4 is 45.6 Å². The average Bonchev–Trinajstić information content (AvgIpc) is 3.43. The van der Waals surface area contributed by atoms with Crippen LogP contribution in [0.2, 0.25) is 0 Å². The van der Waals surface area contributed by atoms with Gasteiger partial charge in [-0.3, -0.25) is 14.5 Å². The van der Waals surface area contributed by atoms with Crippen LogP contribution in [-0.4, -0.2) is 34.2 Å². The van der Waals surface area contributed by atoms with Gasteiger partial charge in [-0.2, -0.15) is 5.26 Å². The molecule has 1 atom stereocenters. The number of ketones is 1. The van der Waals surface area contributed by atoms with Gasteiger partial charge in [0, 0.05) is 23.4 Å². The summed E-state index contributed by atoms with van der Waals surface area (Å²) in [6.07, 6.45) is 1.71. The highest BCUT2D eigenvalue weighted by molar-refractivity contribution is 8.01. The Morgan fingerprint density at radius 2 is 2.00 bits per heavy atom. The van der Waals surface area contributed by atoms with E-state index in [2.05, 4.69) is 21.6 Å². The predicted octanol–water partition coefficient (Wildman–Crippen LogP) is 5.59. The molecule has 2 aromatic carbocycles. The van der Waals surface area contributed by atoms with E-state index in [1.165, 1.54) is 23.1 Å². The Hall–Kier alpha value is -4.14. The highest BCUT2D eigenvalue weighted by Crippen LogP contribution is 2.47. The second-order valence-electron chi connectivity index (χ2n) is 9.75. The van der Waals surface area contributed by atoms with E-state index in [1.807, 2.05) is 63.2 Å². The summed E-state index contributed by atoms with van der Waals surface area (Å²) in [5.41, 5.74) is 12.0. The van der Waals surface area contributed by atoms with Crippen molar-refractivity contribution in [3.05, 3.63) is 81.8 Å². The van der Waals surface area contributed by atoms with Crippen LogP contribution in [0.5, 0.6) is 5.75 Å². The zero-order chi connectivity index (χ0) is 29.1. The van der Waals surface area contributed by atoms with Gasteiger partial charge in [0.25, 0.3) is 0 Å². The summed E-state index contributed by atoms with van der Waals surface area (Å²) in [7, 11) is 0. The van der Waals surface area contributed by atoms with Gasteiger partial charge < -0.3 is 15.8 Å². The van der Waals surface area contributed by atoms with E-state index >= 15 is 0 Å². The zero-order valence-corrected chi connectivity index (χ0v) is 24.7. The number of nitrogens with one attached hydrogen (secondary N) is 1. The lowest BCUT2D eigenvalue weighted by Crippen LogP contribution is -2.38. The van der Waals surface area contributed by atoms with E-state index in [0.29, 0.717) is 46.5 Å². The molecule has 9 nitrogen and oxygen atoms in total. The first-order valence-corrected chi connectivity index (χ1v) is 15.1. The molecule has 3 aromatic rings. The van der Waals surface area contributed by atoms with Crippen LogP contribution in [0.4, 0.5) is 10.8 Å². The Morgan fingerprint density at radius 3 is 2.73 bits per heavy atom. The molecule has 1 aliphatic heterocycles. The number of thioether (sulfide) groups is 1. The zero-order valence-electron chi connectivity index (χ0n) is 23.1. The Labute approximate surface area is 247 Å². The molecule has 11 heteroatoms. The van der Waals surface area contributed by atoms with Crippen molar-refractivity contribution in [1.29, 1.82) is 5.26 Å². The third-order valence-corrected chi connectivity index (χ3v) is 9.27. The summed E-state index contributed by atoms with van der Waals surface area (Å²) in [5, 5.41) is 22.3. The van der Waals surface area contributed by atoms with E-state index in [0.717, 1.165) is 33.8 Å². The van der Waals surface area contributed by atoms with Gasteiger partial charge >= 0.3 is 0 Å². The van der Waals surface area contributed by atoms with Gasteiger partial charge in [0.2, 0.25) is 11.0 Å². The van der Waals surface area contributed by atoms with Gasteiger partial charge in [-0.05, 0) is 68.5 Å². The van der Waals surface area contributed by atoms with Gasteiger partial charge in [0.05, 0.1) is 29.9 Å². The minimum Gasteiger partial charge on any atom is -0.494 e. The number of rotatable bonds is 8. The topological polar surface area (TPSA) is 134 Å². The number of anilines is 2. The maximum absolute atomic E-state index is 13.3. The predicted molar refractivity (Wildman–Crippen MR) is 161 cm³/mol. The molecule has 0 radical (unpaired) electrons. The number of aryl methyl sites for hydroxylation is 1. The van der Waals surface area contributed by atoms with Crippen molar-refractivity contribution in [3.63, 3.8) is 0 Å². The Kier molecular flexibility index (Phi) is 8.42. The molecule has 1 aliphatic carbocycles. The molecule has 0 spiro atoms. The molecule has 41 heavy (non-hydrogen) atoms. The second kappa shape index (κ2) is 12.2. The number of nitrogens with zero attached hydrogens (tertiary/aromatic N) is 4. The van der Waals surface area contributed by atoms with Crippen molar-refractivity contribution in [1.82, 2.24) is 10.2 Å². The fraction of sp³-hybridized carbons (Fsp3) is 0.300. The van der Waals surface area contributed by atoms with Gasteiger partial charge in [0.1, 0.15) is 11.6 Å². The SMILES string of the molecule is CCOc1ccc(C2C(C#N)=C(N)N(c3nnc(SCC(=O)Nc4cccc(C)c4C)s3)C3=C2C(=O)CCC3)cc1. The molecule has 0 fully saturated rings. The maximum atomic E-state index is 13.3. The summed E-state index contributed by atoms with van der Waals surface area (Å²) in [6.45, 7) is 6.43. The maximum Gasteiger partial charge on any atom is 0.234 e. The van der Waals surface area contributed by atoms with Crippen molar-refractivity contribution < 1.29 is 14.3 Å². The third kappa shape index (κ3) is 5.71. The quantitative estimate of drug-likeness (QED) is 0.324. The fourth-order valence-corrected chi connectivity index (χ4v) is 6.79. The number of hydrogen-bond acceptors (Lipinski definition) is 10. The lowest BCUT2D eigenvalue weighted by atomic mass is 9.76. The van der Waals surface area contributed by atoms with Crippen LogP contribution in [-0.2, 0) is 9.59 Å². The average molecular weight is 587 g/mol. The van der Waals surface area contributed by atoms with E-state index in [1.54, 1.807) is 4.90 Å². The van der Waals surface area contributed by atoms with Crippen LogP contribution in [0, 0.1) is 25.2 Å². The van der Waals surface area contributed by atoms with Crippen molar-refractivity contribution in [2.45, 2.75) is 50.3 Å². The van der Waals surface area contributed by atoms with E-state index in [-0.39, 0.29) is 23.3 Å². The number of aromatic nitrogens is 2. The molecule has 5 rings (SSSR count). The molecular formula is C30H30N6O3S2. The molecular weight excluding hydrogens is 557 g/mol. The van der Waals surface area contributed by atoms with E-state index in [9.17, 15) is 14.9 Å². The normalized spacial score (nSPS) is 16.9. The molecule has 3 N–H and O–H groups in total. The summed E-state index contributed by atoms with van der Waals surface area (Å²) in [5.74, 6) is 0.395. The molecule has 0 saturated carbocycles. The highest BCUT2D eigenvalue weighted by Gasteiger charge is 2.41. The first kappa shape index (κ1) is 28.4. The van der Waals surface area contributed by atoms with Gasteiger partial charge in [-0.15, -0.1) is 10.2 Å². The van der Waals surface area contributed by atoms with Gasteiger partial charge in [-0.25, -0.2) is 0 Å². The number of ether oxygens (including phenoxy) is 1. The number of allylic oxidation sites excluding steroid dienone is 3. The fourth-order valence-electron chi connectivity index (χ4n) is 5.11. The van der Waals surface area contributed by atoms with Crippen LogP contribution in [0.15, 0.2) is 69.5 Å². The molecule has 1 unspecified atom stereocenters. The molecule has 210 valence electrons. The number of nitrogens with two attached hydrogens (primary N) is 1. The Balaban J connectivity index is 1.41. The van der Waals surface area contributed by atoms with E-state index in [4.69, 9.17) is 10.5 Å². The molecule has 2 aliphatic rings. The second-order valence-corrected chi connectivity index (χ2v) is 11.9. The smallest absolute Gasteiger partial charge is 0.234 e. The number of benzene rings is 2. The summed E-state index contributed by atoms with van der Waals surface area (Å²) in [6, 6.07) is 15.5. The lowest BCUT2D eigenvalue weighted by molar-refractivity contribution is -0.116. The Bertz CT molecular complexity index is 1600. The first-order chi connectivity index (χ1) is 19.8. The van der Waals surface area contributed by atoms with Crippen LogP contribution < -0.4 is 20.7 Å². The summed E-state index contributed by atoms with van der Waals surface area (Å²) >= 11 is 2.54. The number of nitriles is 1. The molecule has 2 heterocycles. The van der Waals surface area contributed by atoms with Crippen LogP contribution in [0.25, 0.3) is 0 Å². The molecule has 0 saturated heterocycles. The monoisotopic (exact) mass is 586 g/mol. The van der Waals surface area contributed by atoms with Crippen molar-refractivity contribution in [3.8, 4) is 11.8 Å². The molecule has 1 amide bonds. The summed E-state index contributed by atoms with van der Waals surface area (Å²) in [4.78, 5) is 27.7. The van der Waals surface area contributed by atoms with Gasteiger partial charge in [-0.1, -0.05) is 47.4 Å². The molecule has 1 aromatic heterocycles. The number of amides is 1. The number of carbonyl (C=O) groups excluding carboxylic acids is 2. The Morgan fingerprint density at radius 1 is 1.22 bits per heavy atom. The van der Waals surface area contributed by atoms with Crippen molar-refractivity contribution in [2.24, 2.45) is 5.73 Å². The largest absolute Gasteiger partial charge is 0.494 e. The van der Waals surface area contributed by atoms with Crippen LogP contribution >= 0.6 is 23.1 Å². The van der Waals surface area contributed by atoms with Crippen LogP contribution in [0.3, 0.4) is 0 Å². The van der Waals surface area contributed by atoms with Crippen molar-refractivity contribution in [2.75, 3.05) is 22.6 Å². The lowest BCUT2D eigenvalue weighted by Gasteiger charge is -2.38. The molecule has 0 bridgehead atoms. The van der Waals surface area contributed by atoms with E-state index < -0.39 is 5.92 Å². The standard InChI is InChI=1S/C30H30N6O3S2/c1-4-39-20-13-11-19(12-14-20)26-21(15-31)28(32)36(23-9-6-10-24(37)27(23)26)29-34-35-30(41-29)40-16-25(38)33-22-8-5-7-17(2)18(22)3/h5,7-8,11-14,26H,4,6,9-10,16,32H2,1-3H3,(H,33,38). The van der Waals surface area contributed by atoms with Gasteiger partial charge in [0.15, 0.2) is 10.1 Å². The number of carbonyl (C=O) groups is 2. The van der Waals surface area contributed by atoms with Crippen LogP contribution in [0.1, 0.15) is 48.8 Å². The number of hydrogen-bond donors (Lipinski definition) is 2.